The van der Waals surface area contributed by atoms with Crippen LogP contribution in [0, 0.1) is 5.92 Å². The van der Waals surface area contributed by atoms with E-state index in [-0.39, 0.29) is 5.78 Å². The van der Waals surface area contributed by atoms with Crippen LogP contribution >= 0.6 is 0 Å². The molecule has 1 aliphatic rings. The molecule has 0 fully saturated rings. The predicted octanol–water partition coefficient (Wildman–Crippen LogP) is 4.50. The quantitative estimate of drug-likeness (QED) is 0.637. The van der Waals surface area contributed by atoms with Crippen molar-refractivity contribution >= 4 is 29.2 Å². The second kappa shape index (κ2) is 10.1. The molecule has 0 unspecified atom stereocenters. The molecule has 0 saturated heterocycles. The number of carbonyl (C=O) groups is 1. The number of anilines is 3. The van der Waals surface area contributed by atoms with Crippen LogP contribution in [0.2, 0.25) is 0 Å². The molecule has 0 radical (unpaired) electrons. The van der Waals surface area contributed by atoms with E-state index >= 15 is 0 Å². The number of nitrogens with zero attached hydrogens (tertiary/aromatic N) is 4. The van der Waals surface area contributed by atoms with Gasteiger partial charge in [-0.3, -0.25) is 9.79 Å². The molecule has 158 valence electrons. The molecule has 0 saturated carbocycles. The van der Waals surface area contributed by atoms with Gasteiger partial charge in [-0.1, -0.05) is 32.9 Å². The Labute approximate surface area is 178 Å². The van der Waals surface area contributed by atoms with Gasteiger partial charge in [-0.05, 0) is 48.6 Å². The van der Waals surface area contributed by atoms with Gasteiger partial charge >= 0.3 is 0 Å². The van der Waals surface area contributed by atoms with Crippen LogP contribution in [0.5, 0.6) is 0 Å². The SMILES string of the molecule is CCCC(=O)Cc1ccc(Nc2nc(CC(C)C)nc(NC3=NCC(C)=C3)n2)cc1. The molecule has 2 heterocycles. The van der Waals surface area contributed by atoms with Crippen molar-refractivity contribution in [2.75, 3.05) is 17.2 Å². The Morgan fingerprint density at radius 2 is 1.77 bits per heavy atom. The van der Waals surface area contributed by atoms with Crippen LogP contribution in [0.25, 0.3) is 0 Å². The number of Topliss-reactive ketones (excluding diaryl/α,β-unsaturated/α-hetero) is 1. The van der Waals surface area contributed by atoms with Crippen LogP contribution in [0.3, 0.4) is 0 Å². The Hall–Kier alpha value is -3.09. The lowest BCUT2D eigenvalue weighted by atomic mass is 10.1. The first-order valence-corrected chi connectivity index (χ1v) is 10.5. The Balaban J connectivity index is 1.75. The first-order valence-electron chi connectivity index (χ1n) is 10.5. The Morgan fingerprint density at radius 1 is 1.07 bits per heavy atom. The summed E-state index contributed by atoms with van der Waals surface area (Å²) in [4.78, 5) is 29.9. The van der Waals surface area contributed by atoms with Crippen LogP contribution in [-0.2, 0) is 17.6 Å². The van der Waals surface area contributed by atoms with E-state index in [9.17, 15) is 4.79 Å². The number of hydrogen-bond donors (Lipinski definition) is 2. The largest absolute Gasteiger partial charge is 0.324 e. The minimum Gasteiger partial charge on any atom is -0.324 e. The third-order valence-electron chi connectivity index (χ3n) is 4.53. The second-order valence-corrected chi connectivity index (χ2v) is 8.10. The summed E-state index contributed by atoms with van der Waals surface area (Å²) >= 11 is 0. The summed E-state index contributed by atoms with van der Waals surface area (Å²) in [5.41, 5.74) is 3.08. The molecular formula is C23H30N6O. The average molecular weight is 407 g/mol. The molecule has 0 spiro atoms. The minimum atomic E-state index is 0.267. The molecule has 0 bridgehead atoms. The molecular weight excluding hydrogens is 376 g/mol. The number of carbonyl (C=O) groups excluding carboxylic acids is 1. The van der Waals surface area contributed by atoms with Crippen LogP contribution in [-0.4, -0.2) is 33.1 Å². The first-order chi connectivity index (χ1) is 14.4. The molecule has 1 aliphatic heterocycles. The summed E-state index contributed by atoms with van der Waals surface area (Å²) in [5.74, 6) is 3.15. The van der Waals surface area contributed by atoms with Crippen molar-refractivity contribution in [3.8, 4) is 0 Å². The lowest BCUT2D eigenvalue weighted by Crippen LogP contribution is -2.14. The lowest BCUT2D eigenvalue weighted by molar-refractivity contribution is -0.118. The Morgan fingerprint density at radius 3 is 2.37 bits per heavy atom. The van der Waals surface area contributed by atoms with Gasteiger partial charge in [-0.2, -0.15) is 15.0 Å². The molecule has 0 amide bonds. The maximum atomic E-state index is 11.9. The van der Waals surface area contributed by atoms with Gasteiger partial charge in [0.1, 0.15) is 17.4 Å². The fourth-order valence-electron chi connectivity index (χ4n) is 3.14. The summed E-state index contributed by atoms with van der Waals surface area (Å²) < 4.78 is 0. The van der Waals surface area contributed by atoms with E-state index in [1.807, 2.05) is 44.2 Å². The summed E-state index contributed by atoms with van der Waals surface area (Å²) in [6.45, 7) is 9.03. The molecule has 7 nitrogen and oxygen atoms in total. The molecule has 7 heteroatoms. The van der Waals surface area contributed by atoms with Gasteiger partial charge in [0.25, 0.3) is 0 Å². The van der Waals surface area contributed by atoms with Gasteiger partial charge in [0.05, 0.1) is 6.54 Å². The number of rotatable bonds is 9. The highest BCUT2D eigenvalue weighted by atomic mass is 16.1. The Kier molecular flexibility index (Phi) is 7.27. The monoisotopic (exact) mass is 406 g/mol. The molecule has 1 aromatic carbocycles. The molecule has 2 aromatic rings. The third kappa shape index (κ3) is 6.47. The zero-order chi connectivity index (χ0) is 21.5. The van der Waals surface area contributed by atoms with Crippen LogP contribution < -0.4 is 10.6 Å². The summed E-state index contributed by atoms with van der Waals surface area (Å²) in [6.07, 6.45) is 4.73. The van der Waals surface area contributed by atoms with Gasteiger partial charge in [0.15, 0.2) is 0 Å². The van der Waals surface area contributed by atoms with E-state index < -0.39 is 0 Å². The number of nitrogens with one attached hydrogen (secondary N) is 2. The number of benzene rings is 1. The number of ketones is 1. The minimum absolute atomic E-state index is 0.267. The second-order valence-electron chi connectivity index (χ2n) is 8.10. The van der Waals surface area contributed by atoms with E-state index in [1.54, 1.807) is 0 Å². The summed E-state index contributed by atoms with van der Waals surface area (Å²) in [6, 6.07) is 7.82. The van der Waals surface area contributed by atoms with E-state index in [4.69, 9.17) is 0 Å². The van der Waals surface area contributed by atoms with Crippen LogP contribution in [0.4, 0.5) is 17.6 Å². The van der Waals surface area contributed by atoms with Crippen LogP contribution in [0.1, 0.15) is 51.9 Å². The number of aromatic nitrogens is 3. The summed E-state index contributed by atoms with van der Waals surface area (Å²) in [7, 11) is 0. The van der Waals surface area contributed by atoms with Gasteiger partial charge in [0, 0.05) is 24.9 Å². The van der Waals surface area contributed by atoms with Crippen LogP contribution in [0.15, 0.2) is 40.9 Å². The third-order valence-corrected chi connectivity index (χ3v) is 4.53. The topological polar surface area (TPSA) is 92.2 Å². The van der Waals surface area contributed by atoms with E-state index in [0.29, 0.717) is 37.2 Å². The van der Waals surface area contributed by atoms with Crippen molar-refractivity contribution in [1.82, 2.24) is 15.0 Å². The smallest absolute Gasteiger partial charge is 0.233 e. The van der Waals surface area contributed by atoms with Crippen molar-refractivity contribution in [1.29, 1.82) is 0 Å². The fraction of sp³-hybridized carbons (Fsp3) is 0.435. The highest BCUT2D eigenvalue weighted by molar-refractivity contribution is 6.04. The van der Waals surface area contributed by atoms with E-state index in [0.717, 1.165) is 35.8 Å². The maximum absolute atomic E-state index is 11.9. The number of amidine groups is 1. The van der Waals surface area contributed by atoms with Crippen molar-refractivity contribution in [2.45, 2.75) is 53.4 Å². The van der Waals surface area contributed by atoms with Crippen molar-refractivity contribution in [3.05, 3.63) is 47.3 Å². The zero-order valence-electron chi connectivity index (χ0n) is 18.2. The predicted molar refractivity (Wildman–Crippen MR) is 121 cm³/mol. The summed E-state index contributed by atoms with van der Waals surface area (Å²) in [5, 5.41) is 6.44. The standard InChI is InChI=1S/C23H30N6O/c1-5-6-19(30)13-17-7-9-18(10-8-17)25-22-27-21(11-15(2)3)28-23(29-22)26-20-12-16(4)14-24-20/h7-10,12,15H,5-6,11,13-14H2,1-4H3,(H2,24,25,26,27,28,29). The number of hydrogen-bond acceptors (Lipinski definition) is 7. The molecule has 0 atom stereocenters. The lowest BCUT2D eigenvalue weighted by Gasteiger charge is -2.11. The van der Waals surface area contributed by atoms with Crippen molar-refractivity contribution in [3.63, 3.8) is 0 Å². The molecule has 1 aromatic heterocycles. The van der Waals surface area contributed by atoms with Gasteiger partial charge < -0.3 is 10.6 Å². The normalized spacial score (nSPS) is 13.2. The number of aliphatic imine (C=N–C) groups is 1. The molecule has 0 aliphatic carbocycles. The maximum Gasteiger partial charge on any atom is 0.233 e. The van der Waals surface area contributed by atoms with Crippen molar-refractivity contribution < 1.29 is 4.79 Å². The zero-order valence-corrected chi connectivity index (χ0v) is 18.2. The molecule has 3 rings (SSSR count). The van der Waals surface area contributed by atoms with E-state index in [2.05, 4.69) is 44.4 Å². The highest BCUT2D eigenvalue weighted by Crippen LogP contribution is 2.18. The first kappa shape index (κ1) is 21.6. The van der Waals surface area contributed by atoms with Crippen molar-refractivity contribution in [2.24, 2.45) is 10.9 Å². The van der Waals surface area contributed by atoms with Gasteiger partial charge in [-0.25, -0.2) is 0 Å². The van der Waals surface area contributed by atoms with E-state index in [1.165, 1.54) is 5.57 Å². The average Bonchev–Trinajstić information content (AvgIpc) is 3.07. The highest BCUT2D eigenvalue weighted by Gasteiger charge is 2.12. The molecule has 2 N–H and O–H groups in total. The van der Waals surface area contributed by atoms with Gasteiger partial charge in [0.2, 0.25) is 11.9 Å². The Bertz CT molecular complexity index is 947. The van der Waals surface area contributed by atoms with Gasteiger partial charge in [-0.15, -0.1) is 0 Å². The fourth-order valence-corrected chi connectivity index (χ4v) is 3.14. The molecule has 30 heavy (non-hydrogen) atoms.